The first-order valence-corrected chi connectivity index (χ1v) is 5.45. The van der Waals surface area contributed by atoms with Gasteiger partial charge in [0.1, 0.15) is 0 Å². The van der Waals surface area contributed by atoms with Gasteiger partial charge in [0.2, 0.25) is 0 Å². The van der Waals surface area contributed by atoms with E-state index < -0.39 is 0 Å². The molecule has 1 heterocycles. The fourth-order valence-corrected chi connectivity index (χ4v) is 1.67. The van der Waals surface area contributed by atoms with Crippen molar-refractivity contribution in [3.8, 4) is 11.3 Å². The van der Waals surface area contributed by atoms with Crippen LogP contribution in [-0.2, 0) is 0 Å². The van der Waals surface area contributed by atoms with E-state index in [1.807, 2.05) is 44.2 Å². The maximum absolute atomic E-state index is 6.08. The molecule has 0 atom stereocenters. The number of rotatable bonds is 1. The molecular formula is C13H13ClN2. The van der Waals surface area contributed by atoms with Crippen LogP contribution < -0.4 is 5.73 Å². The third-order valence-corrected chi connectivity index (χ3v) is 3.00. The van der Waals surface area contributed by atoms with E-state index in [9.17, 15) is 0 Å². The summed E-state index contributed by atoms with van der Waals surface area (Å²) in [5.74, 6) is 0. The molecule has 0 amide bonds. The van der Waals surface area contributed by atoms with Crippen LogP contribution in [0.2, 0.25) is 5.02 Å². The van der Waals surface area contributed by atoms with Crippen molar-refractivity contribution in [3.05, 3.63) is 46.6 Å². The Hall–Kier alpha value is -1.54. The molecule has 0 saturated heterocycles. The van der Waals surface area contributed by atoms with Gasteiger partial charge in [-0.2, -0.15) is 0 Å². The molecule has 0 aliphatic heterocycles. The molecule has 0 fully saturated rings. The maximum atomic E-state index is 6.08. The van der Waals surface area contributed by atoms with Gasteiger partial charge < -0.3 is 5.73 Å². The minimum absolute atomic E-state index is 0.710. The van der Waals surface area contributed by atoms with E-state index in [0.29, 0.717) is 5.69 Å². The van der Waals surface area contributed by atoms with E-state index in [4.69, 9.17) is 17.3 Å². The second kappa shape index (κ2) is 4.14. The molecule has 0 spiro atoms. The Morgan fingerprint density at radius 3 is 2.50 bits per heavy atom. The van der Waals surface area contributed by atoms with Crippen LogP contribution in [0.15, 0.2) is 30.3 Å². The minimum Gasteiger partial charge on any atom is -0.397 e. The average Bonchev–Trinajstić information content (AvgIpc) is 2.26. The molecule has 1 aromatic heterocycles. The predicted octanol–water partition coefficient (Wildman–Crippen LogP) is 3.60. The van der Waals surface area contributed by atoms with Gasteiger partial charge in [0, 0.05) is 10.6 Å². The maximum Gasteiger partial charge on any atom is 0.0707 e. The average molecular weight is 233 g/mol. The highest BCUT2D eigenvalue weighted by molar-refractivity contribution is 6.31. The number of hydrogen-bond donors (Lipinski definition) is 1. The van der Waals surface area contributed by atoms with Crippen molar-refractivity contribution in [2.24, 2.45) is 0 Å². The Balaban J connectivity index is 2.50. The van der Waals surface area contributed by atoms with Crippen LogP contribution in [0.5, 0.6) is 0 Å². The van der Waals surface area contributed by atoms with Crippen LogP contribution in [0, 0.1) is 13.8 Å². The van der Waals surface area contributed by atoms with Crippen molar-refractivity contribution >= 4 is 17.3 Å². The first kappa shape index (κ1) is 11.0. The van der Waals surface area contributed by atoms with E-state index in [1.54, 1.807) is 0 Å². The van der Waals surface area contributed by atoms with Gasteiger partial charge in [-0.15, -0.1) is 0 Å². The summed E-state index contributed by atoms with van der Waals surface area (Å²) in [4.78, 5) is 4.43. The number of aromatic nitrogens is 1. The highest BCUT2D eigenvalue weighted by Crippen LogP contribution is 2.25. The second-order valence-electron chi connectivity index (χ2n) is 3.84. The summed E-state index contributed by atoms with van der Waals surface area (Å²) in [5, 5.41) is 0.758. The number of aryl methyl sites for hydroxylation is 2. The normalized spacial score (nSPS) is 10.4. The zero-order chi connectivity index (χ0) is 11.7. The molecule has 2 nitrogen and oxygen atoms in total. The lowest BCUT2D eigenvalue weighted by Gasteiger charge is -2.06. The summed E-state index contributed by atoms with van der Waals surface area (Å²) in [5.41, 5.74) is 10.3. The molecule has 0 aliphatic rings. The zero-order valence-electron chi connectivity index (χ0n) is 9.29. The summed E-state index contributed by atoms with van der Waals surface area (Å²) in [6.45, 7) is 3.88. The van der Waals surface area contributed by atoms with Gasteiger partial charge in [-0.1, -0.05) is 23.7 Å². The number of nitrogens with zero attached hydrogens (tertiary/aromatic N) is 1. The number of benzene rings is 1. The monoisotopic (exact) mass is 232 g/mol. The highest BCUT2D eigenvalue weighted by Gasteiger charge is 2.03. The molecule has 0 radical (unpaired) electrons. The third-order valence-electron chi connectivity index (χ3n) is 2.59. The van der Waals surface area contributed by atoms with Gasteiger partial charge >= 0.3 is 0 Å². The van der Waals surface area contributed by atoms with E-state index in [0.717, 1.165) is 27.5 Å². The Bertz CT molecular complexity index is 486. The van der Waals surface area contributed by atoms with Crippen molar-refractivity contribution in [1.29, 1.82) is 0 Å². The van der Waals surface area contributed by atoms with Gasteiger partial charge in [-0.05, 0) is 37.6 Å². The van der Waals surface area contributed by atoms with Crippen LogP contribution in [0.3, 0.4) is 0 Å². The van der Waals surface area contributed by atoms with Crippen molar-refractivity contribution in [1.82, 2.24) is 4.98 Å². The lowest BCUT2D eigenvalue weighted by Crippen LogP contribution is -1.94. The fraction of sp³-hybridized carbons (Fsp3) is 0.154. The molecule has 0 unspecified atom stereocenters. The molecule has 2 aromatic rings. The lowest BCUT2D eigenvalue weighted by atomic mass is 10.1. The summed E-state index contributed by atoms with van der Waals surface area (Å²) in [6, 6.07) is 9.70. The Morgan fingerprint density at radius 1 is 1.12 bits per heavy atom. The lowest BCUT2D eigenvalue weighted by molar-refractivity contribution is 1.21. The second-order valence-corrected chi connectivity index (χ2v) is 4.24. The molecule has 16 heavy (non-hydrogen) atoms. The summed E-state index contributed by atoms with van der Waals surface area (Å²) >= 11 is 6.08. The van der Waals surface area contributed by atoms with Gasteiger partial charge in [0.25, 0.3) is 0 Å². The quantitative estimate of drug-likeness (QED) is 0.816. The number of nitrogen functional groups attached to an aromatic ring is 1. The molecule has 0 aliphatic carbocycles. The molecule has 0 saturated carbocycles. The number of halogens is 1. The van der Waals surface area contributed by atoms with Crippen LogP contribution in [0.25, 0.3) is 11.3 Å². The molecular weight excluding hydrogens is 220 g/mol. The van der Waals surface area contributed by atoms with Crippen molar-refractivity contribution in [2.75, 3.05) is 5.73 Å². The van der Waals surface area contributed by atoms with Crippen LogP contribution >= 0.6 is 11.6 Å². The Kier molecular flexibility index (Phi) is 2.84. The largest absolute Gasteiger partial charge is 0.397 e. The first-order valence-electron chi connectivity index (χ1n) is 5.07. The number of hydrogen-bond acceptors (Lipinski definition) is 2. The summed E-state index contributed by atoms with van der Waals surface area (Å²) in [7, 11) is 0. The Labute approximate surface area is 100 Å². The van der Waals surface area contributed by atoms with Crippen LogP contribution in [0.4, 0.5) is 5.69 Å². The SMILES string of the molecule is Cc1ccc(-c2ccc(N)c(C)n2)cc1Cl. The predicted molar refractivity (Wildman–Crippen MR) is 68.6 cm³/mol. The van der Waals surface area contributed by atoms with Crippen molar-refractivity contribution in [2.45, 2.75) is 13.8 Å². The number of anilines is 1. The molecule has 2 N–H and O–H groups in total. The summed E-state index contributed by atoms with van der Waals surface area (Å²) in [6.07, 6.45) is 0. The zero-order valence-corrected chi connectivity index (χ0v) is 10.0. The molecule has 0 bridgehead atoms. The van der Waals surface area contributed by atoms with E-state index >= 15 is 0 Å². The van der Waals surface area contributed by atoms with E-state index in [2.05, 4.69) is 4.98 Å². The Morgan fingerprint density at radius 2 is 1.88 bits per heavy atom. The van der Waals surface area contributed by atoms with Gasteiger partial charge in [-0.3, -0.25) is 4.98 Å². The smallest absolute Gasteiger partial charge is 0.0707 e. The van der Waals surface area contributed by atoms with Crippen LogP contribution in [-0.4, -0.2) is 4.98 Å². The van der Waals surface area contributed by atoms with Gasteiger partial charge in [-0.25, -0.2) is 0 Å². The highest BCUT2D eigenvalue weighted by atomic mass is 35.5. The molecule has 3 heteroatoms. The van der Waals surface area contributed by atoms with Crippen molar-refractivity contribution in [3.63, 3.8) is 0 Å². The first-order chi connectivity index (χ1) is 7.58. The van der Waals surface area contributed by atoms with Gasteiger partial charge in [0.15, 0.2) is 0 Å². The topological polar surface area (TPSA) is 38.9 Å². The van der Waals surface area contributed by atoms with Gasteiger partial charge in [0.05, 0.1) is 17.1 Å². The van der Waals surface area contributed by atoms with Crippen LogP contribution in [0.1, 0.15) is 11.3 Å². The third kappa shape index (κ3) is 2.02. The number of nitrogens with two attached hydrogens (primary N) is 1. The molecule has 1 aromatic carbocycles. The fourth-order valence-electron chi connectivity index (χ4n) is 1.48. The molecule has 82 valence electrons. The van der Waals surface area contributed by atoms with E-state index in [1.165, 1.54) is 0 Å². The summed E-state index contributed by atoms with van der Waals surface area (Å²) < 4.78 is 0. The standard InChI is InChI=1S/C13H13ClN2/c1-8-3-4-10(7-11(8)14)13-6-5-12(15)9(2)16-13/h3-7H,15H2,1-2H3. The molecule has 2 rings (SSSR count). The van der Waals surface area contributed by atoms with Crippen molar-refractivity contribution < 1.29 is 0 Å². The minimum atomic E-state index is 0.710. The number of pyridine rings is 1. The van der Waals surface area contributed by atoms with E-state index in [-0.39, 0.29) is 0 Å².